The number of carbonyl (C=O) groups excluding carboxylic acids is 3. The number of rotatable bonds is 5. The van der Waals surface area contributed by atoms with E-state index in [-0.39, 0.29) is 37.1 Å². The van der Waals surface area contributed by atoms with E-state index in [0.717, 1.165) is 34.1 Å². The Labute approximate surface area is 185 Å². The number of imide groups is 1. The van der Waals surface area contributed by atoms with Crippen LogP contribution in [0.5, 0.6) is 0 Å². The summed E-state index contributed by atoms with van der Waals surface area (Å²) in [6.45, 7) is 3.25. The van der Waals surface area contributed by atoms with Gasteiger partial charge in [-0.2, -0.15) is 0 Å². The van der Waals surface area contributed by atoms with Crippen molar-refractivity contribution in [2.24, 2.45) is 0 Å². The summed E-state index contributed by atoms with van der Waals surface area (Å²) in [4.78, 5) is 37.7. The number of amides is 3. The molecule has 0 aliphatic carbocycles. The summed E-state index contributed by atoms with van der Waals surface area (Å²) in [5.74, 6) is -0.489. The minimum atomic E-state index is -0.205. The van der Waals surface area contributed by atoms with Gasteiger partial charge in [-0.05, 0) is 48.9 Å². The highest BCUT2D eigenvalue weighted by molar-refractivity contribution is 6.11. The Morgan fingerprint density at radius 2 is 1.56 bits per heavy atom. The molecule has 0 spiro atoms. The summed E-state index contributed by atoms with van der Waals surface area (Å²) in [5, 5.41) is 5.25. The quantitative estimate of drug-likeness (QED) is 0.471. The normalized spacial score (nSPS) is 14.0. The average molecular weight is 425 g/mol. The molecule has 3 aromatic carbocycles. The smallest absolute Gasteiger partial charge is 0.255 e. The van der Waals surface area contributed by atoms with Gasteiger partial charge in [0.05, 0.1) is 6.54 Å². The molecule has 6 nitrogen and oxygen atoms in total. The number of carbonyl (C=O) groups is 3. The van der Waals surface area contributed by atoms with Gasteiger partial charge < -0.3 is 9.88 Å². The fraction of sp³-hybridized carbons (Fsp3) is 0.192. The van der Waals surface area contributed by atoms with Gasteiger partial charge in [0.25, 0.3) is 5.91 Å². The first kappa shape index (κ1) is 20.0. The van der Waals surface area contributed by atoms with Gasteiger partial charge in [0, 0.05) is 52.4 Å². The second kappa shape index (κ2) is 7.96. The molecule has 0 saturated carbocycles. The fourth-order valence-corrected chi connectivity index (χ4v) is 4.42. The SMILES string of the molecule is CCn1c2ccccc2c2cc(NC(=O)c3ccc(CN4C(=O)CCC4=O)cc3)ccc21. The number of nitrogens with one attached hydrogen (secondary N) is 1. The highest BCUT2D eigenvalue weighted by Crippen LogP contribution is 2.31. The maximum absolute atomic E-state index is 12.8. The number of anilines is 1. The van der Waals surface area contributed by atoms with Crippen molar-refractivity contribution in [3.05, 3.63) is 77.9 Å². The first-order valence-corrected chi connectivity index (χ1v) is 10.8. The molecule has 160 valence electrons. The highest BCUT2D eigenvalue weighted by Gasteiger charge is 2.28. The van der Waals surface area contributed by atoms with Crippen molar-refractivity contribution in [1.82, 2.24) is 9.47 Å². The lowest BCUT2D eigenvalue weighted by molar-refractivity contribution is -0.139. The van der Waals surface area contributed by atoms with Crippen molar-refractivity contribution in [3.63, 3.8) is 0 Å². The first-order chi connectivity index (χ1) is 15.5. The van der Waals surface area contributed by atoms with Crippen LogP contribution in [-0.4, -0.2) is 27.2 Å². The van der Waals surface area contributed by atoms with Crippen molar-refractivity contribution in [3.8, 4) is 0 Å². The van der Waals surface area contributed by atoms with E-state index < -0.39 is 0 Å². The predicted octanol–water partition coefficient (Wildman–Crippen LogP) is 4.72. The summed E-state index contributed by atoms with van der Waals surface area (Å²) < 4.78 is 2.27. The zero-order valence-corrected chi connectivity index (χ0v) is 17.8. The Hall–Kier alpha value is -3.93. The molecule has 1 aromatic heterocycles. The van der Waals surface area contributed by atoms with Crippen LogP contribution in [0.1, 0.15) is 35.7 Å². The standard InChI is InChI=1S/C26H23N3O3/c1-2-28-22-6-4-3-5-20(22)21-15-19(11-12-23(21)28)27-26(32)18-9-7-17(8-10-18)16-29-24(30)13-14-25(29)31/h3-12,15H,2,13-14,16H2,1H3,(H,27,32). The second-order valence-electron chi connectivity index (χ2n) is 8.02. The summed E-state index contributed by atoms with van der Waals surface area (Å²) in [5.41, 5.74) is 4.39. The number of fused-ring (bicyclic) bond motifs is 3. The monoisotopic (exact) mass is 425 g/mol. The highest BCUT2D eigenvalue weighted by atomic mass is 16.2. The maximum Gasteiger partial charge on any atom is 0.255 e. The van der Waals surface area contributed by atoms with E-state index in [1.807, 2.05) is 30.3 Å². The largest absolute Gasteiger partial charge is 0.341 e. The maximum atomic E-state index is 12.8. The lowest BCUT2D eigenvalue weighted by atomic mass is 10.1. The van der Waals surface area contributed by atoms with Crippen molar-refractivity contribution >= 4 is 45.2 Å². The van der Waals surface area contributed by atoms with E-state index in [0.29, 0.717) is 5.56 Å². The fourth-order valence-electron chi connectivity index (χ4n) is 4.42. The summed E-state index contributed by atoms with van der Waals surface area (Å²) >= 11 is 0. The molecule has 0 radical (unpaired) electrons. The molecule has 1 saturated heterocycles. The van der Waals surface area contributed by atoms with Crippen LogP contribution in [0.4, 0.5) is 5.69 Å². The van der Waals surface area contributed by atoms with Gasteiger partial charge in [-0.15, -0.1) is 0 Å². The van der Waals surface area contributed by atoms with Crippen LogP contribution < -0.4 is 5.32 Å². The van der Waals surface area contributed by atoms with E-state index >= 15 is 0 Å². The zero-order chi connectivity index (χ0) is 22.2. The van der Waals surface area contributed by atoms with Crippen LogP contribution in [0.25, 0.3) is 21.8 Å². The van der Waals surface area contributed by atoms with Gasteiger partial charge in [0.15, 0.2) is 0 Å². The molecule has 0 atom stereocenters. The Balaban J connectivity index is 1.36. The summed E-state index contributed by atoms with van der Waals surface area (Å²) in [6.07, 6.45) is 0.557. The number of aromatic nitrogens is 1. The predicted molar refractivity (Wildman–Crippen MR) is 124 cm³/mol. The molecule has 1 aliphatic heterocycles. The van der Waals surface area contributed by atoms with Gasteiger partial charge in [0.1, 0.15) is 0 Å². The molecular weight excluding hydrogens is 402 g/mol. The zero-order valence-electron chi connectivity index (χ0n) is 17.8. The van der Waals surface area contributed by atoms with E-state index in [1.165, 1.54) is 10.4 Å². The van der Waals surface area contributed by atoms with Crippen LogP contribution in [0.3, 0.4) is 0 Å². The van der Waals surface area contributed by atoms with Crippen molar-refractivity contribution < 1.29 is 14.4 Å². The third kappa shape index (κ3) is 3.43. The van der Waals surface area contributed by atoms with E-state index in [2.05, 4.69) is 28.9 Å². The van der Waals surface area contributed by atoms with Crippen molar-refractivity contribution in [2.75, 3.05) is 5.32 Å². The average Bonchev–Trinajstić information content (AvgIpc) is 3.30. The molecule has 1 aliphatic rings. The van der Waals surface area contributed by atoms with Crippen LogP contribution in [0.15, 0.2) is 66.7 Å². The number of para-hydroxylation sites is 1. The minimum Gasteiger partial charge on any atom is -0.341 e. The third-order valence-corrected chi connectivity index (χ3v) is 6.06. The van der Waals surface area contributed by atoms with Crippen LogP contribution in [0, 0.1) is 0 Å². The Bertz CT molecular complexity index is 1350. The Morgan fingerprint density at radius 3 is 2.28 bits per heavy atom. The molecule has 0 bridgehead atoms. The van der Waals surface area contributed by atoms with E-state index in [1.54, 1.807) is 24.3 Å². The molecule has 1 N–H and O–H groups in total. The number of hydrogen-bond acceptors (Lipinski definition) is 3. The number of aryl methyl sites for hydroxylation is 1. The molecular formula is C26H23N3O3. The molecule has 32 heavy (non-hydrogen) atoms. The Morgan fingerprint density at radius 1 is 0.875 bits per heavy atom. The van der Waals surface area contributed by atoms with E-state index in [4.69, 9.17) is 0 Å². The molecule has 6 heteroatoms. The first-order valence-electron chi connectivity index (χ1n) is 10.8. The minimum absolute atomic E-state index is 0.142. The second-order valence-corrected chi connectivity index (χ2v) is 8.02. The summed E-state index contributed by atoms with van der Waals surface area (Å²) in [6, 6.07) is 21.3. The molecule has 0 unspecified atom stereocenters. The molecule has 2 heterocycles. The lowest BCUT2D eigenvalue weighted by Gasteiger charge is -2.14. The molecule has 1 fully saturated rings. The van der Waals surface area contributed by atoms with Gasteiger partial charge >= 0.3 is 0 Å². The van der Waals surface area contributed by atoms with Crippen LogP contribution >= 0.6 is 0 Å². The van der Waals surface area contributed by atoms with Gasteiger partial charge in [-0.3, -0.25) is 19.3 Å². The number of nitrogens with zero attached hydrogens (tertiary/aromatic N) is 2. The van der Waals surface area contributed by atoms with Gasteiger partial charge in [-0.25, -0.2) is 0 Å². The van der Waals surface area contributed by atoms with Crippen LogP contribution in [-0.2, 0) is 22.7 Å². The molecule has 3 amide bonds. The van der Waals surface area contributed by atoms with Gasteiger partial charge in [0.2, 0.25) is 11.8 Å². The molecule has 4 aromatic rings. The number of likely N-dealkylation sites (tertiary alicyclic amines) is 1. The number of benzene rings is 3. The molecule has 5 rings (SSSR count). The number of hydrogen-bond donors (Lipinski definition) is 1. The third-order valence-electron chi connectivity index (χ3n) is 6.06. The van der Waals surface area contributed by atoms with E-state index in [9.17, 15) is 14.4 Å². The van der Waals surface area contributed by atoms with Crippen LogP contribution in [0.2, 0.25) is 0 Å². The topological polar surface area (TPSA) is 71.4 Å². The lowest BCUT2D eigenvalue weighted by Crippen LogP contribution is -2.28. The summed E-state index contributed by atoms with van der Waals surface area (Å²) in [7, 11) is 0. The van der Waals surface area contributed by atoms with Crippen molar-refractivity contribution in [1.29, 1.82) is 0 Å². The van der Waals surface area contributed by atoms with Crippen molar-refractivity contribution in [2.45, 2.75) is 32.9 Å². The Kier molecular flexibility index (Phi) is 4.98. The van der Waals surface area contributed by atoms with Gasteiger partial charge in [-0.1, -0.05) is 30.3 Å².